The van der Waals surface area contributed by atoms with Crippen molar-refractivity contribution in [3.05, 3.63) is 18.2 Å². The van der Waals surface area contributed by atoms with Gasteiger partial charge in [-0.2, -0.15) is 0 Å². The number of hydrogen-bond donors (Lipinski definition) is 3. The molecule has 98 valence electrons. The molecule has 5 heteroatoms. The maximum Gasteiger partial charge on any atom is 0.222 e. The molecule has 2 rings (SSSR count). The van der Waals surface area contributed by atoms with Crippen molar-refractivity contribution in [1.29, 1.82) is 0 Å². The molecule has 1 fully saturated rings. The molecule has 1 heterocycles. The van der Waals surface area contributed by atoms with Crippen molar-refractivity contribution in [3.63, 3.8) is 0 Å². The number of carbonyl (C=O) groups is 1. The van der Waals surface area contributed by atoms with Crippen LogP contribution in [0.2, 0.25) is 0 Å². The lowest BCUT2D eigenvalue weighted by atomic mass is 10.2. The zero-order chi connectivity index (χ0) is 13.1. The summed E-state index contributed by atoms with van der Waals surface area (Å²) >= 11 is 0. The number of ether oxygens (including phenoxy) is 1. The minimum absolute atomic E-state index is 0.0701. The molecule has 1 aromatic rings. The Labute approximate surface area is 107 Å². The number of rotatable bonds is 4. The molecule has 18 heavy (non-hydrogen) atoms. The number of benzene rings is 1. The van der Waals surface area contributed by atoms with Gasteiger partial charge in [-0.15, -0.1) is 0 Å². The van der Waals surface area contributed by atoms with Gasteiger partial charge in [0, 0.05) is 13.0 Å². The SMILES string of the molecule is CC(C)Oc1cccc(NC2CNC(=O)C2)c1N. The summed E-state index contributed by atoms with van der Waals surface area (Å²) in [5.74, 6) is 0.743. The standard InChI is InChI=1S/C13H19N3O2/c1-8(2)18-11-5-3-4-10(13(11)14)16-9-6-12(17)15-7-9/h3-5,8-9,16H,6-7,14H2,1-2H3,(H,15,17). The van der Waals surface area contributed by atoms with E-state index in [4.69, 9.17) is 10.5 Å². The molecule has 1 saturated heterocycles. The molecule has 1 aliphatic heterocycles. The molecule has 0 spiro atoms. The summed E-state index contributed by atoms with van der Waals surface area (Å²) in [6, 6.07) is 5.72. The predicted octanol–water partition coefficient (Wildman–Crippen LogP) is 1.36. The summed E-state index contributed by atoms with van der Waals surface area (Å²) < 4.78 is 5.62. The zero-order valence-corrected chi connectivity index (χ0v) is 10.7. The van der Waals surface area contributed by atoms with Gasteiger partial charge in [0.25, 0.3) is 0 Å². The van der Waals surface area contributed by atoms with Gasteiger partial charge in [-0.25, -0.2) is 0 Å². The van der Waals surface area contributed by atoms with Crippen LogP contribution in [0, 0.1) is 0 Å². The Hall–Kier alpha value is -1.91. The number of amides is 1. The van der Waals surface area contributed by atoms with E-state index >= 15 is 0 Å². The van der Waals surface area contributed by atoms with Crippen molar-refractivity contribution in [2.75, 3.05) is 17.6 Å². The lowest BCUT2D eigenvalue weighted by Crippen LogP contribution is -2.23. The van der Waals surface area contributed by atoms with Gasteiger partial charge in [0.1, 0.15) is 5.75 Å². The molecule has 1 atom stereocenters. The number of para-hydroxylation sites is 1. The Morgan fingerprint density at radius 2 is 2.28 bits per heavy atom. The Bertz CT molecular complexity index is 446. The van der Waals surface area contributed by atoms with Gasteiger partial charge in [-0.05, 0) is 26.0 Å². The van der Waals surface area contributed by atoms with E-state index < -0.39 is 0 Å². The fourth-order valence-electron chi connectivity index (χ4n) is 1.95. The summed E-state index contributed by atoms with van der Waals surface area (Å²) in [6.45, 7) is 4.55. The molecule has 1 aromatic carbocycles. The molecule has 1 unspecified atom stereocenters. The van der Waals surface area contributed by atoms with Crippen molar-refractivity contribution in [2.24, 2.45) is 0 Å². The molecule has 0 saturated carbocycles. The summed E-state index contributed by atoms with van der Waals surface area (Å²) in [5.41, 5.74) is 7.45. The van der Waals surface area contributed by atoms with E-state index in [-0.39, 0.29) is 18.1 Å². The first-order valence-electron chi connectivity index (χ1n) is 6.14. The second kappa shape index (κ2) is 5.16. The lowest BCUT2D eigenvalue weighted by Gasteiger charge is -2.18. The number of carbonyl (C=O) groups excluding carboxylic acids is 1. The topological polar surface area (TPSA) is 76.4 Å². The second-order valence-corrected chi connectivity index (χ2v) is 4.73. The zero-order valence-electron chi connectivity index (χ0n) is 10.7. The van der Waals surface area contributed by atoms with Crippen LogP contribution in [-0.4, -0.2) is 24.6 Å². The third-order valence-corrected chi connectivity index (χ3v) is 2.77. The molecule has 0 aromatic heterocycles. The van der Waals surface area contributed by atoms with Gasteiger partial charge in [-0.1, -0.05) is 6.07 Å². The Morgan fingerprint density at radius 3 is 2.89 bits per heavy atom. The molecule has 1 aliphatic rings. The second-order valence-electron chi connectivity index (χ2n) is 4.73. The van der Waals surface area contributed by atoms with E-state index in [1.165, 1.54) is 0 Å². The first-order valence-corrected chi connectivity index (χ1v) is 6.14. The summed E-state index contributed by atoms with van der Waals surface area (Å²) in [5, 5.41) is 6.05. The first kappa shape index (κ1) is 12.5. The largest absolute Gasteiger partial charge is 0.489 e. The monoisotopic (exact) mass is 249 g/mol. The molecule has 4 N–H and O–H groups in total. The third kappa shape index (κ3) is 2.85. The molecule has 1 amide bonds. The minimum Gasteiger partial charge on any atom is -0.489 e. The van der Waals surface area contributed by atoms with Crippen LogP contribution in [0.25, 0.3) is 0 Å². The van der Waals surface area contributed by atoms with Crippen molar-refractivity contribution in [3.8, 4) is 5.75 Å². The number of hydrogen-bond acceptors (Lipinski definition) is 4. The van der Waals surface area contributed by atoms with Crippen molar-refractivity contribution in [2.45, 2.75) is 32.4 Å². The van der Waals surface area contributed by atoms with Crippen LogP contribution in [0.5, 0.6) is 5.75 Å². The summed E-state index contributed by atoms with van der Waals surface area (Å²) in [4.78, 5) is 11.1. The molecule has 5 nitrogen and oxygen atoms in total. The molecular formula is C13H19N3O2. The maximum absolute atomic E-state index is 11.1. The number of nitrogens with one attached hydrogen (secondary N) is 2. The number of nitrogen functional groups attached to an aromatic ring is 1. The molecular weight excluding hydrogens is 230 g/mol. The highest BCUT2D eigenvalue weighted by Gasteiger charge is 2.22. The normalized spacial score (nSPS) is 18.8. The van der Waals surface area contributed by atoms with Crippen LogP contribution < -0.4 is 21.1 Å². The van der Waals surface area contributed by atoms with Gasteiger partial charge in [0.15, 0.2) is 0 Å². The first-order chi connectivity index (χ1) is 8.56. The van der Waals surface area contributed by atoms with E-state index in [1.54, 1.807) is 0 Å². The Kier molecular flexibility index (Phi) is 3.60. The van der Waals surface area contributed by atoms with Gasteiger partial charge in [-0.3, -0.25) is 4.79 Å². The van der Waals surface area contributed by atoms with Gasteiger partial charge < -0.3 is 21.1 Å². The van der Waals surface area contributed by atoms with Crippen molar-refractivity contribution >= 4 is 17.3 Å². The van der Waals surface area contributed by atoms with Gasteiger partial charge in [0.2, 0.25) is 5.91 Å². The summed E-state index contributed by atoms with van der Waals surface area (Å²) in [6.07, 6.45) is 0.562. The van der Waals surface area contributed by atoms with Crippen LogP contribution in [0.15, 0.2) is 18.2 Å². The van der Waals surface area contributed by atoms with Crippen molar-refractivity contribution in [1.82, 2.24) is 5.32 Å². The van der Waals surface area contributed by atoms with E-state index in [1.807, 2.05) is 32.0 Å². The molecule has 0 radical (unpaired) electrons. The van der Waals surface area contributed by atoms with E-state index in [0.29, 0.717) is 24.4 Å². The van der Waals surface area contributed by atoms with Crippen molar-refractivity contribution < 1.29 is 9.53 Å². The maximum atomic E-state index is 11.1. The highest BCUT2D eigenvalue weighted by Crippen LogP contribution is 2.31. The lowest BCUT2D eigenvalue weighted by molar-refractivity contribution is -0.119. The smallest absolute Gasteiger partial charge is 0.222 e. The molecule has 0 aliphatic carbocycles. The number of anilines is 2. The Balaban J connectivity index is 2.10. The van der Waals surface area contributed by atoms with E-state index in [0.717, 1.165) is 5.69 Å². The average Bonchev–Trinajstić information content (AvgIpc) is 2.69. The quantitative estimate of drug-likeness (QED) is 0.704. The van der Waals surface area contributed by atoms with Gasteiger partial charge in [0.05, 0.1) is 23.5 Å². The predicted molar refractivity (Wildman–Crippen MR) is 71.7 cm³/mol. The van der Waals surface area contributed by atoms with Crippen LogP contribution in [0.3, 0.4) is 0 Å². The van der Waals surface area contributed by atoms with Crippen LogP contribution in [0.4, 0.5) is 11.4 Å². The summed E-state index contributed by atoms with van der Waals surface area (Å²) in [7, 11) is 0. The number of nitrogens with two attached hydrogens (primary N) is 1. The fourth-order valence-corrected chi connectivity index (χ4v) is 1.95. The average molecular weight is 249 g/mol. The van der Waals surface area contributed by atoms with Crippen LogP contribution in [-0.2, 0) is 4.79 Å². The highest BCUT2D eigenvalue weighted by molar-refractivity contribution is 5.81. The van der Waals surface area contributed by atoms with Crippen LogP contribution >= 0.6 is 0 Å². The highest BCUT2D eigenvalue weighted by atomic mass is 16.5. The Morgan fingerprint density at radius 1 is 1.50 bits per heavy atom. The van der Waals surface area contributed by atoms with Gasteiger partial charge >= 0.3 is 0 Å². The fraction of sp³-hybridized carbons (Fsp3) is 0.462. The minimum atomic E-state index is 0.0701. The van der Waals surface area contributed by atoms with E-state index in [9.17, 15) is 4.79 Å². The van der Waals surface area contributed by atoms with E-state index in [2.05, 4.69) is 10.6 Å². The molecule has 0 bridgehead atoms. The van der Waals surface area contributed by atoms with Crippen LogP contribution in [0.1, 0.15) is 20.3 Å². The third-order valence-electron chi connectivity index (χ3n) is 2.77.